The van der Waals surface area contributed by atoms with Gasteiger partial charge in [-0.2, -0.15) is 5.10 Å². The summed E-state index contributed by atoms with van der Waals surface area (Å²) in [7, 11) is 0. The van der Waals surface area contributed by atoms with Gasteiger partial charge in [0.05, 0.1) is 24.4 Å². The number of hydrogen-bond acceptors (Lipinski definition) is 13. The van der Waals surface area contributed by atoms with E-state index < -0.39 is 5.97 Å². The average Bonchev–Trinajstić information content (AvgIpc) is 3.68. The number of nitrogens with zero attached hydrogens (tertiary/aromatic N) is 7. The number of esters is 2. The van der Waals surface area contributed by atoms with Gasteiger partial charge in [0.2, 0.25) is 11.8 Å². The van der Waals surface area contributed by atoms with Crippen LogP contribution >= 0.6 is 0 Å². The third-order valence-corrected chi connectivity index (χ3v) is 5.40. The van der Waals surface area contributed by atoms with Gasteiger partial charge in [0.1, 0.15) is 12.7 Å². The minimum atomic E-state index is -0.422. The number of pyridine rings is 2. The summed E-state index contributed by atoms with van der Waals surface area (Å²) < 4.78 is 22.4. The van der Waals surface area contributed by atoms with Crippen LogP contribution in [-0.4, -0.2) is 81.7 Å². The summed E-state index contributed by atoms with van der Waals surface area (Å²) in [6.07, 6.45) is 8.84. The molecule has 0 radical (unpaired) electrons. The van der Waals surface area contributed by atoms with Gasteiger partial charge in [-0.25, -0.2) is 34.2 Å². The Hall–Kier alpha value is -4.44. The Morgan fingerprint density at radius 3 is 1.73 bits per heavy atom. The SMILES string of the molecule is C/C=C\C(=O)OC(C)C.Cc1cc(-c2ncn(/C=C\C(=O)OC(C)C)n2)cc(OC(C)C)n1.Cc1cc(-c2ncn[nH]2)cc(OC(C)C)n1.[Na+].[OH-]. The van der Waals surface area contributed by atoms with E-state index in [0.717, 1.165) is 28.3 Å². The first-order valence-electron chi connectivity index (χ1n) is 15.9. The van der Waals surface area contributed by atoms with Crippen LogP contribution in [0.5, 0.6) is 11.8 Å². The fourth-order valence-corrected chi connectivity index (χ4v) is 3.79. The van der Waals surface area contributed by atoms with Crippen molar-refractivity contribution in [1.82, 2.24) is 39.9 Å². The van der Waals surface area contributed by atoms with Gasteiger partial charge in [-0.1, -0.05) is 6.08 Å². The van der Waals surface area contributed by atoms with Gasteiger partial charge in [0.15, 0.2) is 11.6 Å². The first kappa shape index (κ1) is 46.6. The van der Waals surface area contributed by atoms with E-state index >= 15 is 0 Å². The zero-order valence-corrected chi connectivity index (χ0v) is 33.6. The van der Waals surface area contributed by atoms with Crippen LogP contribution in [0, 0.1) is 13.8 Å². The molecular weight excluding hydrogens is 667 g/mol. The summed E-state index contributed by atoms with van der Waals surface area (Å²) in [5.74, 6) is 1.70. The minimum absolute atomic E-state index is 0. The molecule has 0 aromatic carbocycles. The molecule has 4 aromatic heterocycles. The summed E-state index contributed by atoms with van der Waals surface area (Å²) in [6, 6.07) is 7.47. The van der Waals surface area contributed by atoms with Crippen molar-refractivity contribution >= 4 is 18.1 Å². The van der Waals surface area contributed by atoms with Gasteiger partial charge in [-0.3, -0.25) is 5.10 Å². The van der Waals surface area contributed by atoms with Gasteiger partial charge in [-0.15, -0.1) is 5.10 Å². The quantitative estimate of drug-likeness (QED) is 0.135. The number of aromatic nitrogens is 8. The second-order valence-electron chi connectivity index (χ2n) is 11.7. The number of nitrogens with one attached hydrogen (secondary N) is 1. The third-order valence-electron chi connectivity index (χ3n) is 5.40. The standard InChI is InChI=1S/C17H22N4O3.C11H14N4O.C7H12O2.Na.H2O/c1-11(2)23-15-9-14(8-13(5)19-15)17-18-10-21(20-17)7-6-16(22)24-12(3)4;1-7(2)16-10-5-9(4-8(3)14-10)11-12-6-13-15-11;1-4-5-7(8)9-6(2)3;;/h6-12H,1-5H3;4-7H,1-3H3,(H,12,13,15);4-6H,1-3H3;;1H2/q;;;+1;/p-1/b7-6-;;5-4-;;. The maximum atomic E-state index is 11.5. The summed E-state index contributed by atoms with van der Waals surface area (Å²) in [5.41, 5.74) is 3.44. The van der Waals surface area contributed by atoms with Crippen molar-refractivity contribution in [3.05, 3.63) is 66.5 Å². The Bertz CT molecular complexity index is 1670. The van der Waals surface area contributed by atoms with E-state index in [1.54, 1.807) is 32.9 Å². The molecule has 0 aliphatic heterocycles. The minimum Gasteiger partial charge on any atom is -0.870 e. The molecule has 15 nitrogen and oxygen atoms in total. The summed E-state index contributed by atoms with van der Waals surface area (Å²) in [5, 5.41) is 11.0. The zero-order chi connectivity index (χ0) is 36.5. The molecule has 51 heavy (non-hydrogen) atoms. The first-order valence-corrected chi connectivity index (χ1v) is 15.9. The summed E-state index contributed by atoms with van der Waals surface area (Å²) >= 11 is 0. The van der Waals surface area contributed by atoms with Crippen molar-refractivity contribution in [2.75, 3.05) is 0 Å². The molecule has 0 unspecified atom stereocenters. The molecule has 0 spiro atoms. The Kier molecular flexibility index (Phi) is 21.8. The van der Waals surface area contributed by atoms with Crippen molar-refractivity contribution in [3.63, 3.8) is 0 Å². The molecule has 2 N–H and O–H groups in total. The second kappa shape index (κ2) is 23.9. The number of carbonyl (C=O) groups is 2. The van der Waals surface area contributed by atoms with Crippen molar-refractivity contribution in [3.8, 4) is 34.5 Å². The number of hydrogen-bond donors (Lipinski definition) is 1. The van der Waals surface area contributed by atoms with Crippen LogP contribution in [0.4, 0.5) is 0 Å². The van der Waals surface area contributed by atoms with Crippen LogP contribution in [0.25, 0.3) is 29.0 Å². The molecule has 0 amide bonds. The fourth-order valence-electron chi connectivity index (χ4n) is 3.79. The monoisotopic (exact) mass is 716 g/mol. The van der Waals surface area contributed by atoms with E-state index in [1.807, 2.05) is 73.6 Å². The number of ether oxygens (including phenoxy) is 4. The third kappa shape index (κ3) is 18.9. The number of rotatable bonds is 11. The van der Waals surface area contributed by atoms with Crippen LogP contribution in [-0.2, 0) is 19.1 Å². The number of aryl methyl sites for hydroxylation is 2. The number of aromatic amines is 1. The molecule has 0 saturated carbocycles. The van der Waals surface area contributed by atoms with Gasteiger partial charge < -0.3 is 24.4 Å². The molecule has 4 rings (SSSR count). The Morgan fingerprint density at radius 1 is 0.745 bits per heavy atom. The zero-order valence-electron chi connectivity index (χ0n) is 31.6. The second-order valence-corrected chi connectivity index (χ2v) is 11.7. The van der Waals surface area contributed by atoms with Crippen LogP contribution < -0.4 is 39.0 Å². The average molecular weight is 717 g/mol. The smallest absolute Gasteiger partial charge is 0.870 e. The molecule has 272 valence electrons. The maximum absolute atomic E-state index is 11.5. The van der Waals surface area contributed by atoms with Gasteiger partial charge >= 0.3 is 41.5 Å². The van der Waals surface area contributed by atoms with E-state index in [4.69, 9.17) is 18.9 Å². The molecule has 0 bridgehead atoms. The van der Waals surface area contributed by atoms with E-state index in [-0.39, 0.29) is 65.4 Å². The van der Waals surface area contributed by atoms with E-state index in [2.05, 4.69) is 35.2 Å². The Balaban J connectivity index is 0.000000801. The molecule has 0 aliphatic rings. The normalized spacial score (nSPS) is 10.6. The molecule has 0 saturated heterocycles. The predicted molar refractivity (Wildman–Crippen MR) is 188 cm³/mol. The Labute approximate surface area is 321 Å². The van der Waals surface area contributed by atoms with Crippen molar-refractivity contribution in [2.45, 2.75) is 101 Å². The largest absolute Gasteiger partial charge is 1.00 e. The van der Waals surface area contributed by atoms with Crippen LogP contribution in [0.1, 0.15) is 73.7 Å². The molecule has 16 heteroatoms. The van der Waals surface area contributed by atoms with Crippen LogP contribution in [0.15, 0.2) is 55.1 Å². The van der Waals surface area contributed by atoms with E-state index in [9.17, 15) is 9.59 Å². The van der Waals surface area contributed by atoms with Crippen LogP contribution in [0.2, 0.25) is 0 Å². The summed E-state index contributed by atoms with van der Waals surface area (Å²) in [4.78, 5) is 39.0. The molecule has 0 atom stereocenters. The van der Waals surface area contributed by atoms with E-state index in [0.29, 0.717) is 17.6 Å². The maximum Gasteiger partial charge on any atom is 1.00 e. The number of H-pyrrole nitrogens is 1. The fraction of sp³-hybridized carbons (Fsp3) is 0.429. The van der Waals surface area contributed by atoms with Gasteiger partial charge in [-0.05, 0) is 88.3 Å². The van der Waals surface area contributed by atoms with Crippen molar-refractivity contribution < 1.29 is 63.6 Å². The van der Waals surface area contributed by atoms with Gasteiger partial charge in [0, 0.05) is 53.0 Å². The molecule has 0 fully saturated rings. The van der Waals surface area contributed by atoms with Crippen LogP contribution in [0.3, 0.4) is 0 Å². The predicted octanol–water partition coefficient (Wildman–Crippen LogP) is 3.16. The molecule has 4 aromatic rings. The first-order chi connectivity index (χ1) is 23.1. The molecule has 4 heterocycles. The van der Waals surface area contributed by atoms with Crippen molar-refractivity contribution in [1.29, 1.82) is 0 Å². The number of allylic oxidation sites excluding steroid dienone is 1. The number of carbonyl (C=O) groups excluding carboxylic acids is 2. The summed E-state index contributed by atoms with van der Waals surface area (Å²) in [6.45, 7) is 20.6. The molecular formula is C35H49N8NaO7. The topological polar surface area (TPSA) is 199 Å². The Morgan fingerprint density at radius 2 is 1.25 bits per heavy atom. The molecule has 0 aliphatic carbocycles. The van der Waals surface area contributed by atoms with E-state index in [1.165, 1.54) is 35.7 Å². The van der Waals surface area contributed by atoms with Crippen molar-refractivity contribution in [2.24, 2.45) is 0 Å². The van der Waals surface area contributed by atoms with Gasteiger partial charge in [0.25, 0.3) is 0 Å².